The fraction of sp³-hybridized carbons (Fsp3) is 1.00. The lowest BCUT2D eigenvalue weighted by molar-refractivity contribution is -0.216. The topological polar surface area (TPSA) is 30.5 Å². The highest BCUT2D eigenvalue weighted by Gasteiger charge is 2.24. The lowest BCUT2D eigenvalue weighted by Gasteiger charge is -2.30. The van der Waals surface area contributed by atoms with E-state index in [1.54, 1.807) is 14.2 Å². The number of hydrogen-bond acceptors (Lipinski definition) is 3. The van der Waals surface area contributed by atoms with Gasteiger partial charge in [0.05, 0.1) is 9.68 Å². The maximum absolute atomic E-state index is 5.18. The third-order valence-corrected chi connectivity index (χ3v) is 2.46. The zero-order chi connectivity index (χ0) is 8.04. The molecule has 4 heteroatoms. The standard InChI is InChI=1S/C6H17NO2Si/c1-5-6(8-2,9-3)7-10-4/h7H,5,10H2,1-4H3. The van der Waals surface area contributed by atoms with Crippen LogP contribution in [0.4, 0.5) is 0 Å². The van der Waals surface area contributed by atoms with Crippen molar-refractivity contribution in [3.8, 4) is 0 Å². The maximum Gasteiger partial charge on any atom is 0.220 e. The Labute approximate surface area is 65.0 Å². The van der Waals surface area contributed by atoms with Crippen LogP contribution in [0.3, 0.4) is 0 Å². The van der Waals surface area contributed by atoms with E-state index in [9.17, 15) is 0 Å². The van der Waals surface area contributed by atoms with Gasteiger partial charge in [0.25, 0.3) is 0 Å². The molecule has 0 radical (unpaired) electrons. The first-order chi connectivity index (χ1) is 4.74. The van der Waals surface area contributed by atoms with Gasteiger partial charge in [-0.3, -0.25) is 4.98 Å². The van der Waals surface area contributed by atoms with Crippen LogP contribution in [0, 0.1) is 0 Å². The van der Waals surface area contributed by atoms with E-state index < -0.39 is 5.91 Å². The molecule has 0 saturated heterocycles. The van der Waals surface area contributed by atoms with Crippen LogP contribution in [-0.2, 0) is 9.47 Å². The number of ether oxygens (including phenoxy) is 2. The molecular formula is C6H17NO2Si. The van der Waals surface area contributed by atoms with Gasteiger partial charge in [-0.2, -0.15) is 0 Å². The molecule has 3 nitrogen and oxygen atoms in total. The first kappa shape index (κ1) is 10.1. The molecule has 0 spiro atoms. The second-order valence-corrected chi connectivity index (χ2v) is 3.11. The van der Waals surface area contributed by atoms with Gasteiger partial charge in [-0.15, -0.1) is 0 Å². The number of rotatable bonds is 5. The fourth-order valence-corrected chi connectivity index (χ4v) is 1.99. The minimum atomic E-state index is -0.513. The van der Waals surface area contributed by atoms with Crippen LogP contribution in [-0.4, -0.2) is 29.8 Å². The molecular weight excluding hydrogens is 146 g/mol. The molecule has 1 N–H and O–H groups in total. The summed E-state index contributed by atoms with van der Waals surface area (Å²) in [6.07, 6.45) is 0.834. The SMILES string of the molecule is CCC(N[SiH2]C)(OC)OC. The third kappa shape index (κ3) is 2.38. The Morgan fingerprint density at radius 3 is 2.00 bits per heavy atom. The van der Waals surface area contributed by atoms with E-state index in [1.807, 2.05) is 6.92 Å². The van der Waals surface area contributed by atoms with Gasteiger partial charge in [-0.25, -0.2) is 0 Å². The highest BCUT2D eigenvalue weighted by Crippen LogP contribution is 2.10. The van der Waals surface area contributed by atoms with Gasteiger partial charge >= 0.3 is 0 Å². The van der Waals surface area contributed by atoms with Crippen molar-refractivity contribution >= 4 is 9.68 Å². The minimum absolute atomic E-state index is 0.223. The quantitative estimate of drug-likeness (QED) is 0.459. The first-order valence-electron chi connectivity index (χ1n) is 3.60. The van der Waals surface area contributed by atoms with Crippen LogP contribution < -0.4 is 4.98 Å². The number of nitrogens with one attached hydrogen (secondary N) is 1. The molecule has 0 heterocycles. The molecule has 0 aliphatic heterocycles. The molecule has 0 aromatic heterocycles. The number of hydrogen-bond donors (Lipinski definition) is 1. The Morgan fingerprint density at radius 1 is 1.40 bits per heavy atom. The van der Waals surface area contributed by atoms with Crippen molar-refractivity contribution < 1.29 is 9.47 Å². The van der Waals surface area contributed by atoms with Crippen LogP contribution >= 0.6 is 0 Å². The summed E-state index contributed by atoms with van der Waals surface area (Å²) in [7, 11) is 3.09. The molecule has 10 heavy (non-hydrogen) atoms. The predicted octanol–water partition coefficient (Wildman–Crippen LogP) is 0.0645. The van der Waals surface area contributed by atoms with E-state index >= 15 is 0 Å². The summed E-state index contributed by atoms with van der Waals surface area (Å²) in [6.45, 7) is 4.19. The van der Waals surface area contributed by atoms with Crippen molar-refractivity contribution in [1.29, 1.82) is 0 Å². The Morgan fingerprint density at radius 2 is 1.90 bits per heavy atom. The molecule has 0 rings (SSSR count). The highest BCUT2D eigenvalue weighted by molar-refractivity contribution is 6.30. The summed E-state index contributed by atoms with van der Waals surface area (Å²) >= 11 is 0. The lowest BCUT2D eigenvalue weighted by atomic mass is 10.4. The normalized spacial score (nSPS) is 13.2. The zero-order valence-electron chi connectivity index (χ0n) is 7.23. The molecule has 0 saturated carbocycles. The van der Waals surface area contributed by atoms with Crippen LogP contribution in [0.25, 0.3) is 0 Å². The fourth-order valence-electron chi connectivity index (χ4n) is 0.911. The first-order valence-corrected chi connectivity index (χ1v) is 5.72. The molecule has 0 aliphatic carbocycles. The summed E-state index contributed by atoms with van der Waals surface area (Å²) in [5.74, 6) is -0.513. The van der Waals surface area contributed by atoms with Crippen molar-refractivity contribution in [2.45, 2.75) is 25.8 Å². The van der Waals surface area contributed by atoms with Crippen LogP contribution in [0.2, 0.25) is 6.55 Å². The average Bonchev–Trinajstić information content (AvgIpc) is 2.01. The highest BCUT2D eigenvalue weighted by atomic mass is 28.2. The summed E-state index contributed by atoms with van der Waals surface area (Å²) in [5.41, 5.74) is 0. The van der Waals surface area contributed by atoms with Gasteiger partial charge in [0, 0.05) is 20.6 Å². The Balaban J connectivity index is 3.87. The van der Waals surface area contributed by atoms with Gasteiger partial charge in [-0.1, -0.05) is 13.5 Å². The smallest absolute Gasteiger partial charge is 0.220 e. The Kier molecular flexibility index (Phi) is 4.89. The van der Waals surface area contributed by atoms with Gasteiger partial charge in [0.15, 0.2) is 0 Å². The van der Waals surface area contributed by atoms with Crippen molar-refractivity contribution in [3.05, 3.63) is 0 Å². The average molecular weight is 163 g/mol. The van der Waals surface area contributed by atoms with Crippen LogP contribution in [0.5, 0.6) is 0 Å². The van der Waals surface area contributed by atoms with E-state index in [2.05, 4.69) is 11.5 Å². The van der Waals surface area contributed by atoms with Crippen molar-refractivity contribution in [2.24, 2.45) is 0 Å². The van der Waals surface area contributed by atoms with Gasteiger partial charge in [0.2, 0.25) is 5.91 Å². The molecule has 0 fully saturated rings. The van der Waals surface area contributed by atoms with Crippen LogP contribution in [0.15, 0.2) is 0 Å². The molecule has 0 aromatic carbocycles. The summed E-state index contributed by atoms with van der Waals surface area (Å²) in [5, 5.41) is 0. The van der Waals surface area contributed by atoms with Crippen molar-refractivity contribution in [3.63, 3.8) is 0 Å². The van der Waals surface area contributed by atoms with Gasteiger partial charge in [-0.05, 0) is 0 Å². The van der Waals surface area contributed by atoms with E-state index in [0.717, 1.165) is 6.42 Å². The van der Waals surface area contributed by atoms with Crippen molar-refractivity contribution in [2.75, 3.05) is 14.2 Å². The molecule has 0 aliphatic rings. The summed E-state index contributed by atoms with van der Waals surface area (Å²) in [4.78, 5) is 3.24. The van der Waals surface area contributed by atoms with Gasteiger partial charge < -0.3 is 9.47 Å². The molecule has 0 aromatic rings. The van der Waals surface area contributed by atoms with Crippen molar-refractivity contribution in [1.82, 2.24) is 4.98 Å². The third-order valence-electron chi connectivity index (χ3n) is 1.57. The summed E-state index contributed by atoms with van der Waals surface area (Å²) < 4.78 is 10.4. The second kappa shape index (κ2) is 4.84. The molecule has 0 amide bonds. The number of methoxy groups -OCH3 is 2. The lowest BCUT2D eigenvalue weighted by Crippen LogP contribution is -2.49. The van der Waals surface area contributed by atoms with Crippen LogP contribution in [0.1, 0.15) is 13.3 Å². The molecule has 62 valence electrons. The second-order valence-electron chi connectivity index (χ2n) is 2.05. The Bertz CT molecular complexity index is 77.6. The predicted molar refractivity (Wildman–Crippen MR) is 44.6 cm³/mol. The minimum Gasteiger partial charge on any atom is -0.341 e. The van der Waals surface area contributed by atoms with E-state index in [4.69, 9.17) is 9.47 Å². The van der Waals surface area contributed by atoms with E-state index in [1.165, 1.54) is 0 Å². The zero-order valence-corrected chi connectivity index (χ0v) is 8.64. The van der Waals surface area contributed by atoms with Gasteiger partial charge in [0.1, 0.15) is 0 Å². The largest absolute Gasteiger partial charge is 0.341 e. The monoisotopic (exact) mass is 163 g/mol. The molecule has 0 unspecified atom stereocenters. The molecule has 0 bridgehead atoms. The van der Waals surface area contributed by atoms with E-state index in [-0.39, 0.29) is 9.68 Å². The Hall–Kier alpha value is 0.0969. The van der Waals surface area contributed by atoms with E-state index in [0.29, 0.717) is 0 Å². The summed E-state index contributed by atoms with van der Waals surface area (Å²) in [6, 6.07) is 0. The maximum atomic E-state index is 5.18. The molecule has 0 atom stereocenters.